The quantitative estimate of drug-likeness (QED) is 0.305. The number of carbonyl (C=O) groups is 2. The van der Waals surface area contributed by atoms with E-state index in [4.69, 9.17) is 4.74 Å². The third kappa shape index (κ3) is 10.3. The van der Waals surface area contributed by atoms with Gasteiger partial charge in [0, 0.05) is 38.3 Å². The molecular formula is C28H40FN3O3. The van der Waals surface area contributed by atoms with Crippen LogP contribution in [0.2, 0.25) is 0 Å². The second-order valence-electron chi connectivity index (χ2n) is 9.16. The Balaban J connectivity index is 0.00000298. The van der Waals surface area contributed by atoms with Gasteiger partial charge in [0.1, 0.15) is 11.4 Å². The SMILES string of the molecule is CC.CCCCN(Cc1ccc(-c2cccc(C(=O)N=CN(C)C)c2)c(F)c1)C(=O)OC(C)(C)C. The van der Waals surface area contributed by atoms with Crippen molar-refractivity contribution in [1.29, 1.82) is 0 Å². The van der Waals surface area contributed by atoms with Crippen molar-refractivity contribution in [3.63, 3.8) is 0 Å². The Hall–Kier alpha value is -3.22. The van der Waals surface area contributed by atoms with Gasteiger partial charge in [-0.2, -0.15) is 4.99 Å². The van der Waals surface area contributed by atoms with Gasteiger partial charge in [0.15, 0.2) is 0 Å². The Kier molecular flexibility index (Phi) is 12.1. The van der Waals surface area contributed by atoms with Crippen molar-refractivity contribution in [1.82, 2.24) is 9.80 Å². The third-order valence-electron chi connectivity index (χ3n) is 4.67. The molecule has 0 aromatic heterocycles. The Labute approximate surface area is 209 Å². The number of halogens is 1. The van der Waals surface area contributed by atoms with E-state index >= 15 is 4.39 Å². The zero-order valence-corrected chi connectivity index (χ0v) is 22.4. The van der Waals surface area contributed by atoms with Crippen LogP contribution in [0.15, 0.2) is 47.5 Å². The highest BCUT2D eigenvalue weighted by Gasteiger charge is 2.22. The van der Waals surface area contributed by atoms with Gasteiger partial charge in [-0.05, 0) is 56.5 Å². The molecule has 192 valence electrons. The van der Waals surface area contributed by atoms with Gasteiger partial charge in [-0.25, -0.2) is 9.18 Å². The summed E-state index contributed by atoms with van der Waals surface area (Å²) in [6.45, 7) is 12.3. The van der Waals surface area contributed by atoms with Crippen LogP contribution < -0.4 is 0 Å². The minimum atomic E-state index is -0.601. The van der Waals surface area contributed by atoms with Crippen molar-refractivity contribution < 1.29 is 18.7 Å². The average Bonchev–Trinajstić information content (AvgIpc) is 2.80. The van der Waals surface area contributed by atoms with E-state index in [9.17, 15) is 9.59 Å². The number of nitrogens with zero attached hydrogens (tertiary/aromatic N) is 3. The maximum absolute atomic E-state index is 15.0. The second kappa shape index (κ2) is 14.2. The molecule has 0 fully saturated rings. The molecule has 0 radical (unpaired) electrons. The summed E-state index contributed by atoms with van der Waals surface area (Å²) in [6, 6.07) is 11.6. The van der Waals surface area contributed by atoms with Crippen LogP contribution in [0.1, 0.15) is 70.3 Å². The topological polar surface area (TPSA) is 62.2 Å². The highest BCUT2D eigenvalue weighted by atomic mass is 19.1. The standard InChI is InChI=1S/C26H34FN3O3.C2H6/c1-7-8-14-30(25(32)33-26(2,3)4)17-19-12-13-22(23(27)15-19)20-10-9-11-21(16-20)24(31)28-18-29(5)6;1-2/h9-13,15-16,18H,7-8,14,17H2,1-6H3;1-2H3. The Morgan fingerprint density at radius 2 is 1.77 bits per heavy atom. The number of benzene rings is 2. The van der Waals surface area contributed by atoms with Crippen molar-refractivity contribution >= 4 is 18.3 Å². The normalized spacial score (nSPS) is 11.0. The molecule has 2 aromatic carbocycles. The summed E-state index contributed by atoms with van der Waals surface area (Å²) in [5, 5.41) is 0. The van der Waals surface area contributed by atoms with Crippen LogP contribution in [0, 0.1) is 5.82 Å². The van der Waals surface area contributed by atoms with Crippen molar-refractivity contribution in [2.24, 2.45) is 4.99 Å². The van der Waals surface area contributed by atoms with Crippen LogP contribution in [0.4, 0.5) is 9.18 Å². The van der Waals surface area contributed by atoms with E-state index < -0.39 is 23.4 Å². The molecule has 2 amide bonds. The number of amides is 2. The summed E-state index contributed by atoms with van der Waals surface area (Å²) in [5.74, 6) is -0.819. The summed E-state index contributed by atoms with van der Waals surface area (Å²) in [6.07, 6.45) is 2.78. The van der Waals surface area contributed by atoms with E-state index in [2.05, 4.69) is 4.99 Å². The van der Waals surface area contributed by atoms with Crippen LogP contribution in [0.5, 0.6) is 0 Å². The number of hydrogen-bond donors (Lipinski definition) is 0. The Morgan fingerprint density at radius 3 is 2.34 bits per heavy atom. The van der Waals surface area contributed by atoms with Gasteiger partial charge >= 0.3 is 6.09 Å². The zero-order valence-electron chi connectivity index (χ0n) is 22.4. The number of rotatable bonds is 8. The lowest BCUT2D eigenvalue weighted by Gasteiger charge is -2.27. The molecule has 0 bridgehead atoms. The fraction of sp³-hybridized carbons (Fsp3) is 0.464. The van der Waals surface area contributed by atoms with E-state index in [0.29, 0.717) is 28.8 Å². The molecule has 6 nitrogen and oxygen atoms in total. The summed E-state index contributed by atoms with van der Waals surface area (Å²) >= 11 is 0. The van der Waals surface area contributed by atoms with E-state index in [1.165, 1.54) is 12.4 Å². The highest BCUT2D eigenvalue weighted by Crippen LogP contribution is 2.26. The second-order valence-corrected chi connectivity index (χ2v) is 9.16. The molecular weight excluding hydrogens is 445 g/mol. The van der Waals surface area contributed by atoms with E-state index in [1.807, 2.05) is 41.5 Å². The lowest BCUT2D eigenvalue weighted by Crippen LogP contribution is -2.37. The molecule has 0 atom stereocenters. The molecule has 7 heteroatoms. The van der Waals surface area contributed by atoms with Crippen molar-refractivity contribution in [2.75, 3.05) is 20.6 Å². The van der Waals surface area contributed by atoms with Crippen LogP contribution >= 0.6 is 0 Å². The van der Waals surface area contributed by atoms with Gasteiger partial charge in [0.25, 0.3) is 5.91 Å². The molecule has 0 saturated carbocycles. The van der Waals surface area contributed by atoms with Gasteiger partial charge in [0.2, 0.25) is 0 Å². The molecule has 0 aliphatic rings. The van der Waals surface area contributed by atoms with Crippen LogP contribution in [0.3, 0.4) is 0 Å². The molecule has 0 spiro atoms. The van der Waals surface area contributed by atoms with Crippen molar-refractivity contribution in [3.05, 3.63) is 59.4 Å². The Bertz CT molecular complexity index is 997. The van der Waals surface area contributed by atoms with Crippen LogP contribution in [-0.2, 0) is 11.3 Å². The minimum absolute atomic E-state index is 0.254. The summed E-state index contributed by atoms with van der Waals surface area (Å²) in [4.78, 5) is 32.0. The molecule has 2 aromatic rings. The predicted octanol–water partition coefficient (Wildman–Crippen LogP) is 6.79. The fourth-order valence-electron chi connectivity index (χ4n) is 3.08. The van der Waals surface area contributed by atoms with Crippen LogP contribution in [-0.4, -0.2) is 54.4 Å². The minimum Gasteiger partial charge on any atom is -0.444 e. The maximum Gasteiger partial charge on any atom is 0.410 e. The van der Waals surface area contributed by atoms with Gasteiger partial charge < -0.3 is 14.5 Å². The largest absolute Gasteiger partial charge is 0.444 e. The highest BCUT2D eigenvalue weighted by molar-refractivity contribution is 5.99. The molecule has 0 aliphatic heterocycles. The van der Waals surface area contributed by atoms with Gasteiger partial charge in [-0.15, -0.1) is 0 Å². The first-order valence-electron chi connectivity index (χ1n) is 12.1. The monoisotopic (exact) mass is 485 g/mol. The smallest absolute Gasteiger partial charge is 0.410 e. The fourth-order valence-corrected chi connectivity index (χ4v) is 3.08. The number of ether oxygens (including phenoxy) is 1. The molecule has 2 rings (SSSR count). The van der Waals surface area contributed by atoms with Gasteiger partial charge in [0.05, 0.1) is 6.34 Å². The van der Waals surface area contributed by atoms with Crippen LogP contribution in [0.25, 0.3) is 11.1 Å². The molecule has 0 aliphatic carbocycles. The first kappa shape index (κ1) is 29.8. The summed E-state index contributed by atoms with van der Waals surface area (Å²) < 4.78 is 20.6. The Morgan fingerprint density at radius 1 is 1.09 bits per heavy atom. The zero-order chi connectivity index (χ0) is 26.6. The average molecular weight is 486 g/mol. The molecule has 35 heavy (non-hydrogen) atoms. The number of carbonyl (C=O) groups excluding carboxylic acids is 2. The molecule has 0 N–H and O–H groups in total. The van der Waals surface area contributed by atoms with Gasteiger partial charge in [-0.1, -0.05) is 51.5 Å². The first-order chi connectivity index (χ1) is 16.5. The van der Waals surface area contributed by atoms with E-state index in [1.54, 1.807) is 60.3 Å². The number of hydrogen-bond acceptors (Lipinski definition) is 3. The predicted molar refractivity (Wildman–Crippen MR) is 141 cm³/mol. The molecule has 0 saturated heterocycles. The summed E-state index contributed by atoms with van der Waals surface area (Å²) in [5.41, 5.74) is 1.41. The number of unbranched alkanes of at least 4 members (excludes halogenated alkanes) is 1. The maximum atomic E-state index is 15.0. The van der Waals surface area contributed by atoms with Crippen molar-refractivity contribution in [2.45, 2.75) is 66.5 Å². The lowest BCUT2D eigenvalue weighted by atomic mass is 10.0. The van der Waals surface area contributed by atoms with Gasteiger partial charge in [-0.3, -0.25) is 4.79 Å². The number of aliphatic imine (C=N–C) groups is 1. The first-order valence-corrected chi connectivity index (χ1v) is 12.1. The molecule has 0 unspecified atom stereocenters. The van der Waals surface area contributed by atoms with E-state index in [-0.39, 0.29) is 6.54 Å². The molecule has 0 heterocycles. The third-order valence-corrected chi connectivity index (χ3v) is 4.67. The summed E-state index contributed by atoms with van der Waals surface area (Å²) in [7, 11) is 3.55. The van der Waals surface area contributed by atoms with Crippen molar-refractivity contribution in [3.8, 4) is 11.1 Å². The van der Waals surface area contributed by atoms with E-state index in [0.717, 1.165) is 12.8 Å². The lowest BCUT2D eigenvalue weighted by molar-refractivity contribution is 0.0231.